The number of sulfonamides is 1. The van der Waals surface area contributed by atoms with Gasteiger partial charge in [-0.05, 0) is 30.3 Å². The topological polar surface area (TPSA) is 106 Å². The number of methoxy groups -OCH3 is 1. The third-order valence-corrected chi connectivity index (χ3v) is 5.62. The number of nitrogens with zero attached hydrogens (tertiary/aromatic N) is 1. The van der Waals surface area contributed by atoms with Gasteiger partial charge in [-0.15, -0.1) is 0 Å². The fraction of sp³-hybridized carbons (Fsp3) is 0.158. The van der Waals surface area contributed by atoms with Crippen LogP contribution in [-0.4, -0.2) is 38.5 Å². The van der Waals surface area contributed by atoms with Crippen LogP contribution in [0, 0.1) is 0 Å². The molecule has 0 radical (unpaired) electrons. The zero-order valence-corrected chi connectivity index (χ0v) is 16.1. The molecule has 0 aliphatic heterocycles. The first-order chi connectivity index (χ1) is 13.3. The molecule has 146 valence electrons. The first kappa shape index (κ1) is 19.6. The number of aromatic nitrogens is 1. The van der Waals surface area contributed by atoms with Gasteiger partial charge in [-0.3, -0.25) is 9.59 Å². The van der Waals surface area contributed by atoms with Gasteiger partial charge in [0, 0.05) is 29.8 Å². The van der Waals surface area contributed by atoms with Gasteiger partial charge in [-0.1, -0.05) is 18.2 Å². The van der Waals surface area contributed by atoms with Crippen LogP contribution in [0.5, 0.6) is 0 Å². The molecule has 0 saturated carbocycles. The van der Waals surface area contributed by atoms with Gasteiger partial charge in [0.1, 0.15) is 6.54 Å². The number of esters is 1. The van der Waals surface area contributed by atoms with E-state index in [0.717, 1.165) is 10.9 Å². The van der Waals surface area contributed by atoms with Crippen molar-refractivity contribution in [1.29, 1.82) is 0 Å². The van der Waals surface area contributed by atoms with E-state index in [1.807, 2.05) is 35.9 Å². The van der Waals surface area contributed by atoms with Crippen molar-refractivity contribution in [3.05, 3.63) is 60.3 Å². The normalized spacial score (nSPS) is 11.4. The molecule has 9 heteroatoms. The van der Waals surface area contributed by atoms with E-state index in [4.69, 9.17) is 0 Å². The van der Waals surface area contributed by atoms with Crippen molar-refractivity contribution in [3.8, 4) is 0 Å². The van der Waals surface area contributed by atoms with Crippen LogP contribution in [0.1, 0.15) is 10.4 Å². The molecule has 0 bridgehead atoms. The summed E-state index contributed by atoms with van der Waals surface area (Å²) >= 11 is 0. The monoisotopic (exact) mass is 401 g/mol. The Morgan fingerprint density at radius 2 is 1.75 bits per heavy atom. The van der Waals surface area contributed by atoms with Gasteiger partial charge in [-0.25, -0.2) is 8.42 Å². The highest BCUT2D eigenvalue weighted by atomic mass is 32.2. The quantitative estimate of drug-likeness (QED) is 0.614. The molecule has 8 nitrogen and oxygen atoms in total. The second kappa shape index (κ2) is 7.83. The lowest BCUT2D eigenvalue weighted by atomic mass is 10.1. The largest absolute Gasteiger partial charge is 0.468 e. The summed E-state index contributed by atoms with van der Waals surface area (Å²) in [5, 5.41) is 3.59. The molecule has 3 rings (SSSR count). The van der Waals surface area contributed by atoms with E-state index in [1.54, 1.807) is 6.20 Å². The molecule has 1 amide bonds. The lowest BCUT2D eigenvalue weighted by molar-refractivity contribution is -0.139. The molecule has 1 aromatic heterocycles. The van der Waals surface area contributed by atoms with Crippen LogP contribution in [0.15, 0.2) is 59.6 Å². The number of hydrogen-bond acceptors (Lipinski definition) is 5. The minimum atomic E-state index is -3.86. The highest BCUT2D eigenvalue weighted by Gasteiger charge is 2.17. The first-order valence-electron chi connectivity index (χ1n) is 8.34. The van der Waals surface area contributed by atoms with Crippen molar-refractivity contribution < 1.29 is 22.7 Å². The van der Waals surface area contributed by atoms with Gasteiger partial charge in [0.2, 0.25) is 10.0 Å². The third kappa shape index (κ3) is 4.05. The lowest BCUT2D eigenvalue weighted by Crippen LogP contribution is -2.30. The van der Waals surface area contributed by atoms with Crippen LogP contribution in [0.25, 0.3) is 10.9 Å². The van der Waals surface area contributed by atoms with Crippen molar-refractivity contribution in [1.82, 2.24) is 9.29 Å². The Bertz CT molecular complexity index is 1130. The lowest BCUT2D eigenvalue weighted by Gasteiger charge is -2.08. The first-order valence-corrected chi connectivity index (χ1v) is 9.82. The summed E-state index contributed by atoms with van der Waals surface area (Å²) in [6, 6.07) is 13.2. The SMILES string of the molecule is COC(=O)CNS(=O)(=O)c1ccc(NC(=O)c2cn(C)c3ccccc23)cc1. The number of rotatable bonds is 6. The van der Waals surface area contributed by atoms with Gasteiger partial charge >= 0.3 is 5.97 Å². The van der Waals surface area contributed by atoms with Crippen molar-refractivity contribution >= 4 is 38.5 Å². The number of anilines is 1. The number of carbonyl (C=O) groups excluding carboxylic acids is 2. The molecule has 3 aromatic rings. The number of ether oxygens (including phenoxy) is 1. The van der Waals surface area contributed by atoms with Gasteiger partial charge < -0.3 is 14.6 Å². The van der Waals surface area contributed by atoms with Crippen LogP contribution in [-0.2, 0) is 26.6 Å². The van der Waals surface area contributed by atoms with Crippen LogP contribution in [0.2, 0.25) is 0 Å². The number of aryl methyl sites for hydroxylation is 1. The highest BCUT2D eigenvalue weighted by molar-refractivity contribution is 7.89. The molecule has 0 saturated heterocycles. The van der Waals surface area contributed by atoms with Crippen molar-refractivity contribution in [3.63, 3.8) is 0 Å². The van der Waals surface area contributed by atoms with Gasteiger partial charge in [0.05, 0.1) is 17.6 Å². The second-order valence-corrected chi connectivity index (χ2v) is 7.82. The molecule has 2 aromatic carbocycles. The van der Waals surface area contributed by atoms with E-state index in [9.17, 15) is 18.0 Å². The smallest absolute Gasteiger partial charge is 0.320 e. The molecule has 0 spiro atoms. The summed E-state index contributed by atoms with van der Waals surface area (Å²) in [5.41, 5.74) is 1.91. The molecular formula is C19H19N3O5S. The number of fused-ring (bicyclic) bond motifs is 1. The molecule has 28 heavy (non-hydrogen) atoms. The minimum absolute atomic E-state index is 0.0282. The van der Waals surface area contributed by atoms with E-state index in [0.29, 0.717) is 11.3 Å². The summed E-state index contributed by atoms with van der Waals surface area (Å²) < 4.78 is 32.7. The summed E-state index contributed by atoms with van der Waals surface area (Å²) in [7, 11) is -0.823. The molecular weight excluding hydrogens is 382 g/mol. The molecule has 1 heterocycles. The molecule has 0 fully saturated rings. The molecule has 0 atom stereocenters. The Labute approximate surface area is 162 Å². The predicted molar refractivity (Wildman–Crippen MR) is 105 cm³/mol. The Balaban J connectivity index is 1.75. The van der Waals surface area contributed by atoms with E-state index < -0.39 is 22.5 Å². The molecule has 0 unspecified atom stereocenters. The zero-order chi connectivity index (χ0) is 20.3. The van der Waals surface area contributed by atoms with E-state index in [-0.39, 0.29) is 10.8 Å². The highest BCUT2D eigenvalue weighted by Crippen LogP contribution is 2.22. The van der Waals surface area contributed by atoms with Crippen molar-refractivity contribution in [2.75, 3.05) is 19.0 Å². The maximum Gasteiger partial charge on any atom is 0.320 e. The number of nitrogens with one attached hydrogen (secondary N) is 2. The number of carbonyl (C=O) groups is 2. The standard InChI is InChI=1S/C19H19N3O5S/c1-22-12-16(15-5-3-4-6-17(15)22)19(24)21-13-7-9-14(10-8-13)28(25,26)20-11-18(23)27-2/h3-10,12,20H,11H2,1-2H3,(H,21,24). The number of benzene rings is 2. The fourth-order valence-corrected chi connectivity index (χ4v) is 3.72. The predicted octanol–water partition coefficient (Wildman–Crippen LogP) is 1.88. The number of hydrogen-bond donors (Lipinski definition) is 2. The third-order valence-electron chi connectivity index (χ3n) is 4.20. The van der Waals surface area contributed by atoms with Crippen molar-refractivity contribution in [2.24, 2.45) is 7.05 Å². The maximum atomic E-state index is 12.6. The maximum absolute atomic E-state index is 12.6. The minimum Gasteiger partial charge on any atom is -0.468 e. The van der Waals surface area contributed by atoms with E-state index in [1.165, 1.54) is 31.4 Å². The van der Waals surface area contributed by atoms with Crippen LogP contribution in [0.4, 0.5) is 5.69 Å². The Hall–Kier alpha value is -3.17. The fourth-order valence-electron chi connectivity index (χ4n) is 2.75. The second-order valence-electron chi connectivity index (χ2n) is 6.05. The molecule has 0 aliphatic rings. The summed E-state index contributed by atoms with van der Waals surface area (Å²) in [6.07, 6.45) is 1.75. The Morgan fingerprint density at radius 1 is 1.07 bits per heavy atom. The average molecular weight is 401 g/mol. The number of amides is 1. The van der Waals surface area contributed by atoms with E-state index in [2.05, 4.69) is 14.8 Å². The Kier molecular flexibility index (Phi) is 5.48. The Morgan fingerprint density at radius 3 is 2.43 bits per heavy atom. The zero-order valence-electron chi connectivity index (χ0n) is 15.3. The van der Waals surface area contributed by atoms with Gasteiger partial charge in [0.25, 0.3) is 5.91 Å². The van der Waals surface area contributed by atoms with Crippen LogP contribution in [0.3, 0.4) is 0 Å². The van der Waals surface area contributed by atoms with Crippen LogP contribution < -0.4 is 10.0 Å². The molecule has 0 aliphatic carbocycles. The van der Waals surface area contributed by atoms with Gasteiger partial charge in [-0.2, -0.15) is 4.72 Å². The number of para-hydroxylation sites is 1. The van der Waals surface area contributed by atoms with Crippen molar-refractivity contribution in [2.45, 2.75) is 4.90 Å². The molecule has 2 N–H and O–H groups in total. The summed E-state index contributed by atoms with van der Waals surface area (Å²) in [5.74, 6) is -0.987. The average Bonchev–Trinajstić information content (AvgIpc) is 3.04. The summed E-state index contributed by atoms with van der Waals surface area (Å²) in [6.45, 7) is -0.460. The van der Waals surface area contributed by atoms with E-state index >= 15 is 0 Å². The van der Waals surface area contributed by atoms with Crippen LogP contribution >= 0.6 is 0 Å². The summed E-state index contributed by atoms with van der Waals surface area (Å²) in [4.78, 5) is 23.7. The van der Waals surface area contributed by atoms with Gasteiger partial charge in [0.15, 0.2) is 0 Å².